The topological polar surface area (TPSA) is 15.3 Å². The van der Waals surface area contributed by atoms with E-state index in [1.54, 1.807) is 0 Å². The van der Waals surface area contributed by atoms with Crippen molar-refractivity contribution < 1.29 is 0 Å². The van der Waals surface area contributed by atoms with Crippen molar-refractivity contribution in [1.29, 1.82) is 0 Å². The summed E-state index contributed by atoms with van der Waals surface area (Å²) >= 11 is 9.76. The molecule has 2 aliphatic heterocycles. The second kappa shape index (κ2) is 6.13. The second-order valence-corrected chi connectivity index (χ2v) is 6.93. The predicted octanol–water partition coefficient (Wildman–Crippen LogP) is 3.82. The van der Waals surface area contributed by atoms with E-state index in [9.17, 15) is 0 Å². The second-order valence-electron chi connectivity index (χ2n) is 5.61. The molecule has 2 heterocycles. The molecule has 2 saturated heterocycles. The van der Waals surface area contributed by atoms with Gasteiger partial charge in [-0.05, 0) is 49.6 Å². The van der Waals surface area contributed by atoms with Gasteiger partial charge in [-0.2, -0.15) is 0 Å². The summed E-state index contributed by atoms with van der Waals surface area (Å²) in [5, 5.41) is 4.57. The number of nitrogens with zero attached hydrogens (tertiary/aromatic N) is 1. The number of nitrogens with one attached hydrogen (secondary N) is 1. The van der Waals surface area contributed by atoms with Crippen molar-refractivity contribution in [3.63, 3.8) is 0 Å². The van der Waals surface area contributed by atoms with Gasteiger partial charge in [0.2, 0.25) is 0 Å². The highest BCUT2D eigenvalue weighted by atomic mass is 79.9. The van der Waals surface area contributed by atoms with Crippen molar-refractivity contribution in [1.82, 2.24) is 10.2 Å². The van der Waals surface area contributed by atoms with Crippen LogP contribution in [0.4, 0.5) is 0 Å². The fourth-order valence-corrected chi connectivity index (χ4v) is 4.00. The van der Waals surface area contributed by atoms with Crippen LogP contribution in [0.25, 0.3) is 0 Å². The number of benzene rings is 1. The van der Waals surface area contributed by atoms with Crippen molar-refractivity contribution in [3.05, 3.63) is 33.3 Å². The van der Waals surface area contributed by atoms with Gasteiger partial charge in [-0.15, -0.1) is 0 Å². The molecule has 0 spiro atoms. The molecule has 104 valence electrons. The molecule has 1 N–H and O–H groups in total. The van der Waals surface area contributed by atoms with Gasteiger partial charge >= 0.3 is 0 Å². The average molecular weight is 344 g/mol. The lowest BCUT2D eigenvalue weighted by Crippen LogP contribution is -2.44. The highest BCUT2D eigenvalue weighted by molar-refractivity contribution is 9.10. The van der Waals surface area contributed by atoms with Crippen molar-refractivity contribution in [2.24, 2.45) is 0 Å². The number of hydrogen-bond acceptors (Lipinski definition) is 2. The third kappa shape index (κ3) is 3.15. The molecular weight excluding hydrogens is 324 g/mol. The molecule has 0 saturated carbocycles. The molecule has 19 heavy (non-hydrogen) atoms. The maximum absolute atomic E-state index is 6.25. The molecule has 0 aromatic heterocycles. The van der Waals surface area contributed by atoms with Gasteiger partial charge in [-0.25, -0.2) is 0 Å². The first kappa shape index (κ1) is 13.9. The molecule has 2 aliphatic rings. The van der Waals surface area contributed by atoms with E-state index in [0.717, 1.165) is 22.1 Å². The monoisotopic (exact) mass is 342 g/mol. The zero-order chi connectivity index (χ0) is 13.2. The van der Waals surface area contributed by atoms with Gasteiger partial charge in [0.25, 0.3) is 0 Å². The fourth-order valence-electron chi connectivity index (χ4n) is 3.41. The van der Waals surface area contributed by atoms with Crippen molar-refractivity contribution in [3.8, 4) is 0 Å². The van der Waals surface area contributed by atoms with Crippen LogP contribution in [0.2, 0.25) is 5.02 Å². The van der Waals surface area contributed by atoms with E-state index in [0.29, 0.717) is 6.04 Å². The minimum absolute atomic E-state index is 0.635. The van der Waals surface area contributed by atoms with Crippen LogP contribution in [0.1, 0.15) is 31.2 Å². The SMILES string of the molecule is Clc1ccc(Br)cc1CNC1CCN2CCCCC12. The Morgan fingerprint density at radius 2 is 2.16 bits per heavy atom. The molecule has 0 amide bonds. The van der Waals surface area contributed by atoms with Crippen LogP contribution in [0, 0.1) is 0 Å². The summed E-state index contributed by atoms with van der Waals surface area (Å²) < 4.78 is 1.10. The highest BCUT2D eigenvalue weighted by Gasteiger charge is 2.34. The van der Waals surface area contributed by atoms with Crippen LogP contribution in [0.3, 0.4) is 0 Å². The number of fused-ring (bicyclic) bond motifs is 1. The van der Waals surface area contributed by atoms with Crippen molar-refractivity contribution in [2.45, 2.75) is 44.3 Å². The smallest absolute Gasteiger partial charge is 0.0451 e. The maximum Gasteiger partial charge on any atom is 0.0451 e. The van der Waals surface area contributed by atoms with Crippen LogP contribution in [0.15, 0.2) is 22.7 Å². The van der Waals surface area contributed by atoms with Gasteiger partial charge in [0.05, 0.1) is 0 Å². The third-order valence-corrected chi connectivity index (χ3v) is 5.28. The van der Waals surface area contributed by atoms with Gasteiger partial charge in [0.1, 0.15) is 0 Å². The molecule has 0 radical (unpaired) electrons. The van der Waals surface area contributed by atoms with E-state index >= 15 is 0 Å². The molecule has 3 rings (SSSR count). The van der Waals surface area contributed by atoms with E-state index in [4.69, 9.17) is 11.6 Å². The lowest BCUT2D eigenvalue weighted by molar-refractivity contribution is 0.180. The van der Waals surface area contributed by atoms with Crippen LogP contribution < -0.4 is 5.32 Å². The molecule has 2 unspecified atom stereocenters. The number of halogens is 2. The molecule has 1 aromatic carbocycles. The predicted molar refractivity (Wildman–Crippen MR) is 83.6 cm³/mol. The minimum atomic E-state index is 0.635. The highest BCUT2D eigenvalue weighted by Crippen LogP contribution is 2.28. The van der Waals surface area contributed by atoms with Crippen LogP contribution in [0.5, 0.6) is 0 Å². The summed E-state index contributed by atoms with van der Waals surface area (Å²) in [6, 6.07) is 7.45. The normalized spacial score (nSPS) is 27.5. The van der Waals surface area contributed by atoms with E-state index in [-0.39, 0.29) is 0 Å². The summed E-state index contributed by atoms with van der Waals surface area (Å²) in [5.41, 5.74) is 1.19. The van der Waals surface area contributed by atoms with Gasteiger partial charge in [-0.1, -0.05) is 34.0 Å². The third-order valence-electron chi connectivity index (χ3n) is 4.42. The van der Waals surface area contributed by atoms with Gasteiger partial charge in [-0.3, -0.25) is 4.90 Å². The molecule has 2 atom stereocenters. The Hall–Kier alpha value is -0.0900. The van der Waals surface area contributed by atoms with Crippen LogP contribution in [-0.4, -0.2) is 30.1 Å². The quantitative estimate of drug-likeness (QED) is 0.897. The molecular formula is C15H20BrClN2. The number of piperidine rings is 1. The largest absolute Gasteiger partial charge is 0.308 e. The Kier molecular flexibility index (Phi) is 4.47. The standard InChI is InChI=1S/C15H20BrClN2/c16-12-4-5-13(17)11(9-12)10-18-14-6-8-19-7-2-1-3-15(14)19/h4-5,9,14-15,18H,1-3,6-8,10H2. The first-order valence-electron chi connectivity index (χ1n) is 7.15. The van der Waals surface area contributed by atoms with E-state index in [1.165, 1.54) is 44.3 Å². The van der Waals surface area contributed by atoms with Crippen molar-refractivity contribution in [2.75, 3.05) is 13.1 Å². The molecule has 2 fully saturated rings. The molecule has 0 bridgehead atoms. The lowest BCUT2D eigenvalue weighted by Gasteiger charge is -2.32. The molecule has 0 aliphatic carbocycles. The average Bonchev–Trinajstić information content (AvgIpc) is 2.83. The Labute approximate surface area is 128 Å². The first-order valence-corrected chi connectivity index (χ1v) is 8.32. The zero-order valence-electron chi connectivity index (χ0n) is 11.0. The number of rotatable bonds is 3. The maximum atomic E-state index is 6.25. The fraction of sp³-hybridized carbons (Fsp3) is 0.600. The summed E-state index contributed by atoms with van der Waals surface area (Å²) in [6.45, 7) is 3.42. The summed E-state index contributed by atoms with van der Waals surface area (Å²) in [6.07, 6.45) is 5.39. The van der Waals surface area contributed by atoms with E-state index < -0.39 is 0 Å². The Morgan fingerprint density at radius 3 is 3.05 bits per heavy atom. The molecule has 1 aromatic rings. The zero-order valence-corrected chi connectivity index (χ0v) is 13.4. The van der Waals surface area contributed by atoms with Crippen LogP contribution >= 0.6 is 27.5 Å². The Morgan fingerprint density at radius 1 is 1.26 bits per heavy atom. The van der Waals surface area contributed by atoms with Crippen molar-refractivity contribution >= 4 is 27.5 Å². The van der Waals surface area contributed by atoms with Gasteiger partial charge in [0.15, 0.2) is 0 Å². The minimum Gasteiger partial charge on any atom is -0.308 e. The summed E-state index contributed by atoms with van der Waals surface area (Å²) in [4.78, 5) is 2.66. The van der Waals surface area contributed by atoms with E-state index in [1.807, 2.05) is 12.1 Å². The Balaban J connectivity index is 1.61. The van der Waals surface area contributed by atoms with Gasteiger partial charge < -0.3 is 5.32 Å². The van der Waals surface area contributed by atoms with Crippen LogP contribution in [-0.2, 0) is 6.54 Å². The summed E-state index contributed by atoms with van der Waals surface area (Å²) in [5.74, 6) is 0. The van der Waals surface area contributed by atoms with Gasteiger partial charge in [0, 0.05) is 34.7 Å². The van der Waals surface area contributed by atoms with E-state index in [2.05, 4.69) is 32.2 Å². The molecule has 4 heteroatoms. The summed E-state index contributed by atoms with van der Waals surface area (Å²) in [7, 11) is 0. The number of hydrogen-bond donors (Lipinski definition) is 1. The first-order chi connectivity index (χ1) is 9.24. The lowest BCUT2D eigenvalue weighted by atomic mass is 9.99. The Bertz CT molecular complexity index is 452. The molecule has 2 nitrogen and oxygen atoms in total.